The van der Waals surface area contributed by atoms with Crippen molar-refractivity contribution < 1.29 is 60.4 Å². The van der Waals surface area contributed by atoms with E-state index in [1.54, 1.807) is 0 Å². The predicted octanol–water partition coefficient (Wildman–Crippen LogP) is 1.06. The van der Waals surface area contributed by atoms with Gasteiger partial charge in [0.2, 0.25) is 0 Å². The molecule has 4 rings (SSSR count). The molecule has 11 nitrogen and oxygen atoms in total. The Bertz CT molecular complexity index is 1340. The van der Waals surface area contributed by atoms with Gasteiger partial charge in [-0.1, -0.05) is 12.1 Å². The van der Waals surface area contributed by atoms with Crippen LogP contribution < -0.4 is 8.92 Å². The van der Waals surface area contributed by atoms with Crippen LogP contribution in [0.25, 0.3) is 0 Å². The predicted molar refractivity (Wildman–Crippen MR) is 129 cm³/mol. The number of nitrogens with zero attached hydrogens (tertiary/aromatic N) is 1. The van der Waals surface area contributed by atoms with E-state index in [0.29, 0.717) is 24.2 Å². The van der Waals surface area contributed by atoms with E-state index >= 15 is 0 Å². The van der Waals surface area contributed by atoms with E-state index in [9.17, 15) is 47.3 Å². The highest BCUT2D eigenvalue weighted by Gasteiger charge is 2.48. The van der Waals surface area contributed by atoms with E-state index in [2.05, 4.69) is 4.18 Å². The second-order valence-electron chi connectivity index (χ2n) is 9.32. The first-order valence-electron chi connectivity index (χ1n) is 12.1. The van der Waals surface area contributed by atoms with Crippen LogP contribution in [-0.2, 0) is 26.0 Å². The fraction of sp³-hybridized carbons (Fsp3) is 0.480. The highest BCUT2D eigenvalue weighted by Crippen LogP contribution is 2.40. The number of halogens is 3. The lowest BCUT2D eigenvalue weighted by Gasteiger charge is -2.40. The van der Waals surface area contributed by atoms with E-state index in [4.69, 9.17) is 14.2 Å². The summed E-state index contributed by atoms with van der Waals surface area (Å²) in [7, 11) is -5.85. The molecule has 4 N–H and O–H groups in total. The monoisotopic (exact) mass is 589 g/mol. The molecule has 0 radical (unpaired) electrons. The number of nitriles is 1. The molecule has 15 heteroatoms. The molecule has 40 heavy (non-hydrogen) atoms. The first-order valence-corrected chi connectivity index (χ1v) is 13.5. The average Bonchev–Trinajstić information content (AvgIpc) is 3.42. The molecule has 0 amide bonds. The highest BCUT2D eigenvalue weighted by atomic mass is 32.2. The Hall–Kier alpha value is -2.97. The van der Waals surface area contributed by atoms with Gasteiger partial charge < -0.3 is 38.8 Å². The van der Waals surface area contributed by atoms with Crippen LogP contribution in [0.5, 0.6) is 11.5 Å². The van der Waals surface area contributed by atoms with Crippen molar-refractivity contribution in [2.45, 2.75) is 55.0 Å². The van der Waals surface area contributed by atoms with Crippen LogP contribution >= 0.6 is 0 Å². The van der Waals surface area contributed by atoms with Crippen molar-refractivity contribution in [3.63, 3.8) is 0 Å². The molecule has 0 aromatic heterocycles. The molecule has 0 spiro atoms. The summed E-state index contributed by atoms with van der Waals surface area (Å²) in [6.45, 7) is 0.0686. The Morgan fingerprint density at radius 1 is 1.07 bits per heavy atom. The van der Waals surface area contributed by atoms with Gasteiger partial charge in [-0.2, -0.15) is 26.9 Å². The number of hydrogen-bond donors (Lipinski definition) is 4. The van der Waals surface area contributed by atoms with Gasteiger partial charge in [0.1, 0.15) is 48.1 Å². The zero-order chi connectivity index (χ0) is 29.2. The van der Waals surface area contributed by atoms with Crippen molar-refractivity contribution in [2.75, 3.05) is 19.8 Å². The molecular formula is C25H26F3NO10S. The summed E-state index contributed by atoms with van der Waals surface area (Å²) in [6, 6.07) is 9.64. The highest BCUT2D eigenvalue weighted by molar-refractivity contribution is 7.88. The zero-order valence-corrected chi connectivity index (χ0v) is 21.5. The van der Waals surface area contributed by atoms with Crippen molar-refractivity contribution in [3.05, 3.63) is 58.7 Å². The van der Waals surface area contributed by atoms with Crippen molar-refractivity contribution in [2.24, 2.45) is 0 Å². The number of ether oxygens (including phenoxy) is 3. The Morgan fingerprint density at radius 3 is 2.35 bits per heavy atom. The summed E-state index contributed by atoms with van der Waals surface area (Å²) >= 11 is 0. The normalized spacial score (nSPS) is 27.2. The van der Waals surface area contributed by atoms with E-state index in [1.807, 2.05) is 6.07 Å². The molecule has 2 aliphatic heterocycles. The van der Waals surface area contributed by atoms with Crippen LogP contribution in [0.15, 0.2) is 36.4 Å². The lowest BCUT2D eigenvalue weighted by molar-refractivity contribution is -0.232. The third kappa shape index (κ3) is 6.33. The van der Waals surface area contributed by atoms with E-state index in [1.165, 1.54) is 24.3 Å². The molecule has 2 heterocycles. The molecule has 2 aliphatic rings. The lowest BCUT2D eigenvalue weighted by Crippen LogP contribution is -2.55. The zero-order valence-electron chi connectivity index (χ0n) is 20.7. The number of hydrogen-bond acceptors (Lipinski definition) is 11. The number of aliphatic hydroxyl groups excluding tert-OH is 4. The number of aliphatic hydroxyl groups is 4. The van der Waals surface area contributed by atoms with Gasteiger partial charge in [-0.05, 0) is 41.8 Å². The minimum atomic E-state index is -5.85. The van der Waals surface area contributed by atoms with Crippen LogP contribution in [0.1, 0.15) is 34.8 Å². The summed E-state index contributed by atoms with van der Waals surface area (Å²) < 4.78 is 81.5. The van der Waals surface area contributed by atoms with Gasteiger partial charge >= 0.3 is 15.6 Å². The molecular weight excluding hydrogens is 563 g/mol. The summed E-state index contributed by atoms with van der Waals surface area (Å²) in [6.07, 6.45) is -7.16. The average molecular weight is 590 g/mol. The molecule has 0 bridgehead atoms. The summed E-state index contributed by atoms with van der Waals surface area (Å²) in [5, 5.41) is 50.7. The van der Waals surface area contributed by atoms with Gasteiger partial charge in [-0.15, -0.1) is 0 Å². The van der Waals surface area contributed by atoms with Gasteiger partial charge in [-0.25, -0.2) is 0 Å². The first kappa shape index (κ1) is 30.0. The maximum absolute atomic E-state index is 12.6. The second kappa shape index (κ2) is 11.9. The summed E-state index contributed by atoms with van der Waals surface area (Å²) in [5.41, 5.74) is -4.38. The third-order valence-corrected chi connectivity index (χ3v) is 7.52. The lowest BCUT2D eigenvalue weighted by atomic mass is 9.88. The van der Waals surface area contributed by atoms with E-state index in [0.717, 1.165) is 12.1 Å². The van der Waals surface area contributed by atoms with Crippen LogP contribution in [0.2, 0.25) is 0 Å². The number of benzene rings is 2. The maximum atomic E-state index is 12.6. The standard InChI is InChI=1S/C25H26F3NO10S/c26-25(27,28)40(34,35)39-16-3-1-13(2-4-16)7-14-8-18(24-23(33)22(32)21(31)20(11-30)38-24)19(9-15(14)10-29)37-17-5-6-36-12-17/h1-4,8-9,17,20-24,30-33H,5-7,11-12H2/t17-,20?,21-,22+,23-,24+/m1/s1. The number of rotatable bonds is 8. The quantitative estimate of drug-likeness (QED) is 0.256. The summed E-state index contributed by atoms with van der Waals surface area (Å²) in [5.74, 6) is -0.410. The first-order chi connectivity index (χ1) is 18.8. The van der Waals surface area contributed by atoms with E-state index < -0.39 is 58.5 Å². The number of alkyl halides is 3. The van der Waals surface area contributed by atoms with Crippen LogP contribution in [-0.4, -0.2) is 84.7 Å². The molecule has 6 atom stereocenters. The largest absolute Gasteiger partial charge is 0.534 e. The Balaban J connectivity index is 1.68. The topological polar surface area (TPSA) is 176 Å². The van der Waals surface area contributed by atoms with Crippen molar-refractivity contribution >= 4 is 10.1 Å². The Morgan fingerprint density at radius 2 is 1.77 bits per heavy atom. The van der Waals surface area contributed by atoms with Crippen LogP contribution in [0.4, 0.5) is 13.2 Å². The Kier molecular flexibility index (Phi) is 8.90. The fourth-order valence-corrected chi connectivity index (χ4v) is 4.88. The minimum absolute atomic E-state index is 0.0342. The molecule has 2 aromatic carbocycles. The second-order valence-corrected chi connectivity index (χ2v) is 10.9. The van der Waals surface area contributed by atoms with Crippen molar-refractivity contribution in [1.82, 2.24) is 0 Å². The molecule has 1 unspecified atom stereocenters. The Labute approximate surface area is 227 Å². The van der Waals surface area contributed by atoms with Crippen molar-refractivity contribution in [1.29, 1.82) is 5.26 Å². The smallest absolute Gasteiger partial charge is 0.487 e. The van der Waals surface area contributed by atoms with Gasteiger partial charge in [-0.3, -0.25) is 0 Å². The van der Waals surface area contributed by atoms with Gasteiger partial charge in [0.25, 0.3) is 0 Å². The minimum Gasteiger partial charge on any atom is -0.487 e. The van der Waals surface area contributed by atoms with Crippen LogP contribution in [0, 0.1) is 11.3 Å². The van der Waals surface area contributed by atoms with Gasteiger partial charge in [0.15, 0.2) is 0 Å². The van der Waals surface area contributed by atoms with Crippen LogP contribution in [0.3, 0.4) is 0 Å². The maximum Gasteiger partial charge on any atom is 0.534 e. The molecule has 0 saturated carbocycles. The fourth-order valence-electron chi connectivity index (χ4n) is 4.42. The molecule has 2 aromatic rings. The molecule has 2 fully saturated rings. The molecule has 218 valence electrons. The summed E-state index contributed by atoms with van der Waals surface area (Å²) in [4.78, 5) is 0. The van der Waals surface area contributed by atoms with E-state index in [-0.39, 0.29) is 36.0 Å². The third-order valence-electron chi connectivity index (χ3n) is 6.54. The van der Waals surface area contributed by atoms with Gasteiger partial charge in [0.05, 0.1) is 31.5 Å². The van der Waals surface area contributed by atoms with Crippen molar-refractivity contribution in [3.8, 4) is 17.6 Å². The van der Waals surface area contributed by atoms with Gasteiger partial charge in [0, 0.05) is 12.0 Å². The molecule has 2 saturated heterocycles. The molecule has 0 aliphatic carbocycles. The SMILES string of the molecule is N#Cc1cc(O[C@@H]2CCOC2)c([C@@H]2OC(CO)[C@@H](O)[C@H](O)[C@H]2O)cc1Cc1ccc(OS(=O)(=O)C(F)(F)F)cc1.